The maximum absolute atomic E-state index is 14.1. The van der Waals surface area contributed by atoms with Crippen LogP contribution in [0.25, 0.3) is 11.0 Å². The van der Waals surface area contributed by atoms with Gasteiger partial charge in [0, 0.05) is 18.8 Å². The molecule has 1 N–H and O–H groups in total. The summed E-state index contributed by atoms with van der Waals surface area (Å²) in [6.45, 7) is 3.36. The van der Waals surface area contributed by atoms with Crippen molar-refractivity contribution in [2.75, 3.05) is 31.8 Å². The van der Waals surface area contributed by atoms with E-state index in [9.17, 15) is 9.59 Å². The van der Waals surface area contributed by atoms with Crippen LogP contribution in [0.1, 0.15) is 31.4 Å². The summed E-state index contributed by atoms with van der Waals surface area (Å²) in [4.78, 5) is 29.6. The molecule has 208 valence electrons. The van der Waals surface area contributed by atoms with E-state index in [0.717, 1.165) is 18.4 Å². The number of aromatic nitrogens is 3. The Bertz CT molecular complexity index is 1430. The molecule has 0 radical (unpaired) electrons. The maximum atomic E-state index is 14.1. The zero-order valence-corrected chi connectivity index (χ0v) is 22.7. The highest BCUT2D eigenvalue weighted by atomic mass is 16.5. The zero-order valence-electron chi connectivity index (χ0n) is 22.7. The number of para-hydroxylation sites is 1. The van der Waals surface area contributed by atoms with Gasteiger partial charge in [-0.3, -0.25) is 14.5 Å². The standard InChI is InChI=1S/C30H33N5O5/c1-3-39-24-16-12-22(13-17-24)35(28(36)20-34-27-9-5-4-8-26(27)32-33-34)29(21-10-14-23(38-2)15-11-21)30(37)31-19-25-7-6-18-40-25/h4-5,8-17,25,29H,3,6-7,18-20H2,1-2H3,(H,31,37)/t25-,29+/m1/s1. The topological polar surface area (TPSA) is 108 Å². The van der Waals surface area contributed by atoms with Crippen LogP contribution in [0.3, 0.4) is 0 Å². The average Bonchev–Trinajstić information content (AvgIpc) is 3.66. The van der Waals surface area contributed by atoms with E-state index in [0.29, 0.717) is 48.0 Å². The van der Waals surface area contributed by atoms with E-state index < -0.39 is 6.04 Å². The van der Waals surface area contributed by atoms with Gasteiger partial charge in [-0.2, -0.15) is 0 Å². The van der Waals surface area contributed by atoms with E-state index in [-0.39, 0.29) is 24.5 Å². The Balaban J connectivity index is 1.53. The van der Waals surface area contributed by atoms with E-state index in [1.807, 2.05) is 31.2 Å². The van der Waals surface area contributed by atoms with E-state index in [2.05, 4.69) is 15.6 Å². The van der Waals surface area contributed by atoms with Gasteiger partial charge in [0.05, 0.1) is 25.3 Å². The summed E-state index contributed by atoms with van der Waals surface area (Å²) in [5, 5.41) is 11.4. The first-order chi connectivity index (χ1) is 19.6. The molecular weight excluding hydrogens is 510 g/mol. The lowest BCUT2D eigenvalue weighted by molar-refractivity contribution is -0.127. The summed E-state index contributed by atoms with van der Waals surface area (Å²) in [6.07, 6.45) is 1.80. The first-order valence-corrected chi connectivity index (χ1v) is 13.4. The number of anilines is 1. The van der Waals surface area contributed by atoms with Gasteiger partial charge in [0.15, 0.2) is 0 Å². The van der Waals surface area contributed by atoms with Gasteiger partial charge < -0.3 is 19.5 Å². The number of amides is 2. The summed E-state index contributed by atoms with van der Waals surface area (Å²) in [5.74, 6) is 0.680. The van der Waals surface area contributed by atoms with Crippen LogP contribution in [0, 0.1) is 0 Å². The average molecular weight is 544 g/mol. The Morgan fingerprint density at radius 3 is 2.52 bits per heavy atom. The lowest BCUT2D eigenvalue weighted by Crippen LogP contribution is -2.46. The number of ether oxygens (including phenoxy) is 3. The third-order valence-corrected chi connectivity index (χ3v) is 6.87. The predicted molar refractivity (Wildman–Crippen MR) is 150 cm³/mol. The third kappa shape index (κ3) is 6.07. The van der Waals surface area contributed by atoms with Gasteiger partial charge in [0.25, 0.3) is 0 Å². The highest BCUT2D eigenvalue weighted by Gasteiger charge is 2.34. The van der Waals surface area contributed by atoms with E-state index in [1.165, 1.54) is 4.90 Å². The quantitative estimate of drug-likeness (QED) is 0.306. The van der Waals surface area contributed by atoms with Crippen LogP contribution < -0.4 is 19.7 Å². The molecule has 3 aromatic carbocycles. The number of nitrogens with one attached hydrogen (secondary N) is 1. The minimum Gasteiger partial charge on any atom is -0.497 e. The molecule has 0 bridgehead atoms. The summed E-state index contributed by atoms with van der Waals surface area (Å²) in [6, 6.07) is 20.8. The first kappa shape index (κ1) is 27.1. The molecule has 40 heavy (non-hydrogen) atoms. The zero-order chi connectivity index (χ0) is 27.9. The highest BCUT2D eigenvalue weighted by Crippen LogP contribution is 2.31. The van der Waals surface area contributed by atoms with Gasteiger partial charge in [-0.25, -0.2) is 4.68 Å². The van der Waals surface area contributed by atoms with Crippen molar-refractivity contribution >= 4 is 28.5 Å². The van der Waals surface area contributed by atoms with Crippen molar-refractivity contribution in [3.05, 3.63) is 78.4 Å². The second-order valence-corrected chi connectivity index (χ2v) is 9.48. The van der Waals surface area contributed by atoms with E-state index >= 15 is 0 Å². The minimum absolute atomic E-state index is 0.0448. The number of carbonyl (C=O) groups is 2. The number of methoxy groups -OCH3 is 1. The summed E-state index contributed by atoms with van der Waals surface area (Å²) >= 11 is 0. The minimum atomic E-state index is -0.965. The van der Waals surface area contributed by atoms with Crippen LogP contribution in [-0.2, 0) is 20.9 Å². The van der Waals surface area contributed by atoms with Crippen LogP contribution in [0.2, 0.25) is 0 Å². The van der Waals surface area contributed by atoms with Crippen molar-refractivity contribution in [3.63, 3.8) is 0 Å². The number of hydrogen-bond acceptors (Lipinski definition) is 7. The lowest BCUT2D eigenvalue weighted by Gasteiger charge is -2.32. The maximum Gasteiger partial charge on any atom is 0.249 e. The molecule has 1 aromatic heterocycles. The Morgan fingerprint density at radius 1 is 1.07 bits per heavy atom. The molecule has 5 rings (SSSR count). The number of rotatable bonds is 11. The fourth-order valence-electron chi connectivity index (χ4n) is 4.87. The van der Waals surface area contributed by atoms with E-state index in [1.54, 1.807) is 60.3 Å². The number of benzene rings is 3. The Labute approximate surface area is 232 Å². The number of hydrogen-bond donors (Lipinski definition) is 1. The van der Waals surface area contributed by atoms with Crippen molar-refractivity contribution in [2.24, 2.45) is 0 Å². The molecule has 2 heterocycles. The monoisotopic (exact) mass is 543 g/mol. The molecule has 0 unspecified atom stereocenters. The second-order valence-electron chi connectivity index (χ2n) is 9.48. The molecule has 1 aliphatic rings. The smallest absolute Gasteiger partial charge is 0.249 e. The van der Waals surface area contributed by atoms with Gasteiger partial charge in [-0.05, 0) is 73.9 Å². The highest BCUT2D eigenvalue weighted by molar-refractivity contribution is 6.01. The van der Waals surface area contributed by atoms with Gasteiger partial charge in [0.1, 0.15) is 29.6 Å². The number of fused-ring (bicyclic) bond motifs is 1. The van der Waals surface area contributed by atoms with Crippen molar-refractivity contribution in [3.8, 4) is 11.5 Å². The molecule has 1 aliphatic heterocycles. The molecule has 1 saturated heterocycles. The van der Waals surface area contributed by atoms with Crippen LogP contribution in [0.4, 0.5) is 5.69 Å². The summed E-state index contributed by atoms with van der Waals surface area (Å²) < 4.78 is 18.2. The molecule has 2 amide bonds. The molecule has 0 spiro atoms. The van der Waals surface area contributed by atoms with Crippen molar-refractivity contribution in [1.29, 1.82) is 0 Å². The fourth-order valence-corrected chi connectivity index (χ4v) is 4.87. The van der Waals surface area contributed by atoms with Crippen LogP contribution in [0.5, 0.6) is 11.5 Å². The Morgan fingerprint density at radius 2 is 1.82 bits per heavy atom. The van der Waals surface area contributed by atoms with Crippen molar-refractivity contribution in [2.45, 2.75) is 38.5 Å². The first-order valence-electron chi connectivity index (χ1n) is 13.4. The number of carbonyl (C=O) groups excluding carboxylic acids is 2. The SMILES string of the molecule is CCOc1ccc(N(C(=O)Cn2nnc3ccccc32)[C@H](C(=O)NC[C@H]2CCCO2)c2ccc(OC)cc2)cc1. The molecule has 1 fully saturated rings. The Hall–Kier alpha value is -4.44. The second kappa shape index (κ2) is 12.6. The van der Waals surface area contributed by atoms with Crippen molar-refractivity contribution < 1.29 is 23.8 Å². The van der Waals surface area contributed by atoms with Gasteiger partial charge in [-0.15, -0.1) is 5.10 Å². The molecule has 2 atom stereocenters. The molecule has 10 nitrogen and oxygen atoms in total. The van der Waals surface area contributed by atoms with Crippen LogP contribution in [-0.4, -0.2) is 59.8 Å². The van der Waals surface area contributed by atoms with Crippen LogP contribution >= 0.6 is 0 Å². The molecule has 10 heteroatoms. The lowest BCUT2D eigenvalue weighted by atomic mass is 10.0. The third-order valence-electron chi connectivity index (χ3n) is 6.87. The summed E-state index contributed by atoms with van der Waals surface area (Å²) in [5.41, 5.74) is 2.59. The summed E-state index contributed by atoms with van der Waals surface area (Å²) in [7, 11) is 1.58. The van der Waals surface area contributed by atoms with Crippen LogP contribution in [0.15, 0.2) is 72.8 Å². The fraction of sp³-hybridized carbons (Fsp3) is 0.333. The Kier molecular flexibility index (Phi) is 8.56. The predicted octanol–water partition coefficient (Wildman–Crippen LogP) is 3.91. The normalized spacial score (nSPS) is 15.5. The van der Waals surface area contributed by atoms with Gasteiger partial charge in [-0.1, -0.05) is 29.5 Å². The number of nitrogens with zero attached hydrogens (tertiary/aromatic N) is 4. The molecule has 0 aliphatic carbocycles. The molecule has 4 aromatic rings. The van der Waals surface area contributed by atoms with Crippen molar-refractivity contribution in [1.82, 2.24) is 20.3 Å². The largest absolute Gasteiger partial charge is 0.497 e. The van der Waals surface area contributed by atoms with Gasteiger partial charge >= 0.3 is 0 Å². The van der Waals surface area contributed by atoms with E-state index in [4.69, 9.17) is 14.2 Å². The molecule has 0 saturated carbocycles. The molecular formula is C30H33N5O5. The van der Waals surface area contributed by atoms with Gasteiger partial charge in [0.2, 0.25) is 11.8 Å².